The lowest BCUT2D eigenvalue weighted by molar-refractivity contribution is -0.122. The minimum absolute atomic E-state index is 0.448. The van der Waals surface area contributed by atoms with Crippen molar-refractivity contribution < 1.29 is 4.79 Å². The summed E-state index contributed by atoms with van der Waals surface area (Å²) < 4.78 is 1.96. The van der Waals surface area contributed by atoms with E-state index in [1.54, 1.807) is 6.92 Å². The molecule has 1 atom stereocenters. The zero-order valence-electron chi connectivity index (χ0n) is 12.1. The number of rotatable bonds is 8. The minimum Gasteiger partial charge on any atom is -0.368 e. The molecule has 0 aliphatic rings. The van der Waals surface area contributed by atoms with Crippen LogP contribution in [-0.2, 0) is 24.2 Å². The third-order valence-electron chi connectivity index (χ3n) is 3.30. The van der Waals surface area contributed by atoms with Crippen molar-refractivity contribution in [2.45, 2.75) is 65.0 Å². The van der Waals surface area contributed by atoms with Gasteiger partial charge in [0.05, 0.1) is 5.54 Å². The fraction of sp³-hybridized carbons (Fsp3) is 0.769. The Labute approximate surface area is 114 Å². The molecule has 0 spiro atoms. The maximum Gasteiger partial charge on any atom is 0.237 e. The topological polar surface area (TPSA) is 99.8 Å². The molecule has 0 saturated carbocycles. The second kappa shape index (κ2) is 6.65. The summed E-state index contributed by atoms with van der Waals surface area (Å²) in [6, 6.07) is 0. The third-order valence-corrected chi connectivity index (χ3v) is 3.30. The first-order chi connectivity index (χ1) is 8.90. The van der Waals surface area contributed by atoms with E-state index in [2.05, 4.69) is 17.0 Å². The number of hydrogen-bond acceptors (Lipinski definition) is 4. The van der Waals surface area contributed by atoms with Gasteiger partial charge in [-0.3, -0.25) is 4.79 Å². The van der Waals surface area contributed by atoms with E-state index in [1.807, 2.05) is 11.6 Å². The normalized spacial score (nSPS) is 14.3. The number of aromatic nitrogens is 3. The number of carbonyl (C=O) groups excluding carboxylic acids is 1. The van der Waals surface area contributed by atoms with Gasteiger partial charge in [-0.15, -0.1) is 0 Å². The van der Waals surface area contributed by atoms with Gasteiger partial charge >= 0.3 is 0 Å². The van der Waals surface area contributed by atoms with Crippen molar-refractivity contribution in [1.82, 2.24) is 14.8 Å². The van der Waals surface area contributed by atoms with Crippen LogP contribution in [-0.4, -0.2) is 26.2 Å². The Morgan fingerprint density at radius 2 is 2.00 bits per heavy atom. The fourth-order valence-corrected chi connectivity index (χ4v) is 1.89. The maximum absolute atomic E-state index is 11.1. The molecule has 0 fully saturated rings. The van der Waals surface area contributed by atoms with E-state index in [0.717, 1.165) is 43.9 Å². The van der Waals surface area contributed by atoms with Gasteiger partial charge in [0.15, 0.2) is 5.82 Å². The zero-order valence-corrected chi connectivity index (χ0v) is 12.1. The van der Waals surface area contributed by atoms with E-state index in [4.69, 9.17) is 11.5 Å². The van der Waals surface area contributed by atoms with Crippen molar-refractivity contribution >= 4 is 5.91 Å². The van der Waals surface area contributed by atoms with Crippen LogP contribution in [0.15, 0.2) is 0 Å². The molecule has 108 valence electrons. The lowest BCUT2D eigenvalue weighted by atomic mass is 9.95. The van der Waals surface area contributed by atoms with Gasteiger partial charge in [0, 0.05) is 19.4 Å². The molecule has 1 rings (SSSR count). The summed E-state index contributed by atoms with van der Waals surface area (Å²) in [6.07, 6.45) is 4.09. The molecule has 4 N–H and O–H groups in total. The average Bonchev–Trinajstić information content (AvgIpc) is 2.77. The van der Waals surface area contributed by atoms with Crippen molar-refractivity contribution in [1.29, 1.82) is 0 Å². The molecule has 0 radical (unpaired) electrons. The molecular formula is C13H25N5O. The molecule has 0 aromatic carbocycles. The van der Waals surface area contributed by atoms with Crippen LogP contribution < -0.4 is 11.5 Å². The molecule has 0 bridgehead atoms. The van der Waals surface area contributed by atoms with Gasteiger partial charge in [-0.05, 0) is 26.2 Å². The van der Waals surface area contributed by atoms with E-state index in [1.165, 1.54) is 0 Å². The molecule has 1 aromatic heterocycles. The molecule has 1 amide bonds. The van der Waals surface area contributed by atoms with Crippen LogP contribution in [0, 0.1) is 0 Å². The summed E-state index contributed by atoms with van der Waals surface area (Å²) in [7, 11) is 0. The number of amides is 1. The predicted molar refractivity (Wildman–Crippen MR) is 74.4 cm³/mol. The number of unbranched alkanes of at least 4 members (excludes halogenated alkanes) is 1. The Balaban J connectivity index is 2.45. The van der Waals surface area contributed by atoms with Crippen LogP contribution in [0.3, 0.4) is 0 Å². The molecule has 6 nitrogen and oxygen atoms in total. The van der Waals surface area contributed by atoms with Crippen LogP contribution in [0.5, 0.6) is 0 Å². The number of primary amides is 1. The molecule has 0 aliphatic carbocycles. The molecule has 0 saturated heterocycles. The Hall–Kier alpha value is -1.43. The van der Waals surface area contributed by atoms with E-state index < -0.39 is 11.4 Å². The molecule has 1 aromatic rings. The largest absolute Gasteiger partial charge is 0.368 e. The molecule has 6 heteroatoms. The van der Waals surface area contributed by atoms with E-state index in [0.29, 0.717) is 6.42 Å². The Morgan fingerprint density at radius 3 is 2.53 bits per heavy atom. The highest BCUT2D eigenvalue weighted by atomic mass is 16.1. The van der Waals surface area contributed by atoms with Crippen molar-refractivity contribution in [3.8, 4) is 0 Å². The summed E-state index contributed by atoms with van der Waals surface area (Å²) in [5.74, 6) is 1.45. The summed E-state index contributed by atoms with van der Waals surface area (Å²) in [5, 5.41) is 4.45. The van der Waals surface area contributed by atoms with Crippen LogP contribution in [0.2, 0.25) is 0 Å². The van der Waals surface area contributed by atoms with Gasteiger partial charge in [0.1, 0.15) is 5.82 Å². The lowest BCUT2D eigenvalue weighted by Gasteiger charge is -2.19. The number of aryl methyl sites for hydroxylation is 3. The van der Waals surface area contributed by atoms with Crippen molar-refractivity contribution in [3.63, 3.8) is 0 Å². The highest BCUT2D eigenvalue weighted by Gasteiger charge is 2.24. The van der Waals surface area contributed by atoms with Crippen LogP contribution in [0.1, 0.15) is 51.7 Å². The van der Waals surface area contributed by atoms with Gasteiger partial charge < -0.3 is 11.5 Å². The SMILES string of the molecule is CCc1nc(CC)n(CCCCC(C)(N)C(N)=O)n1. The number of nitrogens with two attached hydrogens (primary N) is 2. The van der Waals surface area contributed by atoms with Gasteiger partial charge in [-0.1, -0.05) is 13.8 Å². The fourth-order valence-electron chi connectivity index (χ4n) is 1.89. The first-order valence-corrected chi connectivity index (χ1v) is 6.92. The summed E-state index contributed by atoms with van der Waals surface area (Å²) in [6.45, 7) is 6.61. The lowest BCUT2D eigenvalue weighted by Crippen LogP contribution is -2.49. The molecular weight excluding hydrogens is 242 g/mol. The van der Waals surface area contributed by atoms with Gasteiger partial charge in [0.2, 0.25) is 5.91 Å². The monoisotopic (exact) mass is 267 g/mol. The van der Waals surface area contributed by atoms with Crippen molar-refractivity contribution in [3.05, 3.63) is 11.6 Å². The second-order valence-electron chi connectivity index (χ2n) is 5.11. The third kappa shape index (κ3) is 4.31. The number of hydrogen-bond donors (Lipinski definition) is 2. The van der Waals surface area contributed by atoms with Gasteiger partial charge in [0.25, 0.3) is 0 Å². The summed E-state index contributed by atoms with van der Waals surface area (Å²) >= 11 is 0. The maximum atomic E-state index is 11.1. The van der Waals surface area contributed by atoms with Crippen LogP contribution in [0.4, 0.5) is 0 Å². The van der Waals surface area contributed by atoms with Gasteiger partial charge in [-0.25, -0.2) is 9.67 Å². The number of nitrogens with zero attached hydrogens (tertiary/aromatic N) is 3. The predicted octanol–water partition coefficient (Wildman–Crippen LogP) is 0.776. The van der Waals surface area contributed by atoms with E-state index >= 15 is 0 Å². The van der Waals surface area contributed by atoms with Crippen molar-refractivity contribution in [2.75, 3.05) is 0 Å². The first kappa shape index (κ1) is 15.6. The highest BCUT2D eigenvalue weighted by Crippen LogP contribution is 2.11. The average molecular weight is 267 g/mol. The summed E-state index contributed by atoms with van der Waals surface area (Å²) in [4.78, 5) is 15.6. The van der Waals surface area contributed by atoms with E-state index in [9.17, 15) is 4.79 Å². The van der Waals surface area contributed by atoms with Crippen LogP contribution in [0.25, 0.3) is 0 Å². The minimum atomic E-state index is -0.912. The van der Waals surface area contributed by atoms with Gasteiger partial charge in [-0.2, -0.15) is 5.10 Å². The highest BCUT2D eigenvalue weighted by molar-refractivity contribution is 5.83. The number of carbonyl (C=O) groups is 1. The van der Waals surface area contributed by atoms with Crippen LogP contribution >= 0.6 is 0 Å². The van der Waals surface area contributed by atoms with E-state index in [-0.39, 0.29) is 0 Å². The quantitative estimate of drug-likeness (QED) is 0.680. The zero-order chi connectivity index (χ0) is 14.5. The Kier molecular flexibility index (Phi) is 5.47. The van der Waals surface area contributed by atoms with Crippen molar-refractivity contribution in [2.24, 2.45) is 11.5 Å². The summed E-state index contributed by atoms with van der Waals surface area (Å²) in [5.41, 5.74) is 10.1. The second-order valence-corrected chi connectivity index (χ2v) is 5.11. The first-order valence-electron chi connectivity index (χ1n) is 6.92. The standard InChI is InChI=1S/C13H25N5O/c1-4-10-16-11(5-2)18(17-10)9-7-6-8-13(3,15)12(14)19/h4-9,15H2,1-3H3,(H2,14,19). The Bertz CT molecular complexity index is 425. The molecule has 1 heterocycles. The Morgan fingerprint density at radius 1 is 1.32 bits per heavy atom. The smallest absolute Gasteiger partial charge is 0.237 e. The molecule has 1 unspecified atom stereocenters. The molecule has 19 heavy (non-hydrogen) atoms. The molecule has 0 aliphatic heterocycles.